The molecule has 106 valence electrons. The lowest BCUT2D eigenvalue weighted by Crippen LogP contribution is -2.39. The Morgan fingerprint density at radius 1 is 1.47 bits per heavy atom. The van der Waals surface area contributed by atoms with Gasteiger partial charge in [0.15, 0.2) is 0 Å². The molecule has 2 rings (SSSR count). The first-order chi connectivity index (χ1) is 9.15. The summed E-state index contributed by atoms with van der Waals surface area (Å²) in [7, 11) is 0. The van der Waals surface area contributed by atoms with Crippen molar-refractivity contribution in [3.8, 4) is 0 Å². The van der Waals surface area contributed by atoms with Gasteiger partial charge in [-0.2, -0.15) is 0 Å². The van der Waals surface area contributed by atoms with Crippen LogP contribution in [0, 0.1) is 11.7 Å². The highest BCUT2D eigenvalue weighted by Gasteiger charge is 2.26. The number of rotatable bonds is 6. The van der Waals surface area contributed by atoms with E-state index in [1.54, 1.807) is 12.1 Å². The minimum absolute atomic E-state index is 0.0932. The van der Waals surface area contributed by atoms with E-state index in [0.717, 1.165) is 29.0 Å². The summed E-state index contributed by atoms with van der Waals surface area (Å²) in [4.78, 5) is 2.38. The van der Waals surface area contributed by atoms with E-state index in [1.807, 2.05) is 0 Å². The molecule has 0 saturated heterocycles. The Balaban J connectivity index is 2.17. The van der Waals surface area contributed by atoms with Crippen LogP contribution in [0.15, 0.2) is 22.7 Å². The third kappa shape index (κ3) is 3.56. The van der Waals surface area contributed by atoms with Crippen molar-refractivity contribution in [2.24, 2.45) is 11.7 Å². The second kappa shape index (κ2) is 6.82. The van der Waals surface area contributed by atoms with Gasteiger partial charge >= 0.3 is 0 Å². The molecule has 0 radical (unpaired) electrons. The summed E-state index contributed by atoms with van der Waals surface area (Å²) in [5.41, 5.74) is 6.91. The molecule has 1 saturated carbocycles. The molecule has 2 N–H and O–H groups in total. The minimum atomic E-state index is -0.198. The van der Waals surface area contributed by atoms with E-state index in [9.17, 15) is 4.39 Å². The fourth-order valence-corrected chi connectivity index (χ4v) is 3.24. The van der Waals surface area contributed by atoms with Gasteiger partial charge in [0.1, 0.15) is 5.82 Å². The predicted molar refractivity (Wildman–Crippen MR) is 80.5 cm³/mol. The summed E-state index contributed by atoms with van der Waals surface area (Å²) >= 11 is 3.52. The number of hydrogen-bond acceptors (Lipinski definition) is 2. The first kappa shape index (κ1) is 14.9. The summed E-state index contributed by atoms with van der Waals surface area (Å²) in [5.74, 6) is 0.595. The molecule has 19 heavy (non-hydrogen) atoms. The van der Waals surface area contributed by atoms with Crippen molar-refractivity contribution in [3.63, 3.8) is 0 Å². The van der Waals surface area contributed by atoms with Gasteiger partial charge in [-0.05, 0) is 49.1 Å². The highest BCUT2D eigenvalue weighted by atomic mass is 79.9. The maximum atomic E-state index is 13.5. The summed E-state index contributed by atoms with van der Waals surface area (Å²) in [6, 6.07) is 4.94. The van der Waals surface area contributed by atoms with Gasteiger partial charge in [0.05, 0.1) is 0 Å². The molecule has 1 aromatic rings. The average molecular weight is 329 g/mol. The van der Waals surface area contributed by atoms with E-state index in [1.165, 1.54) is 25.3 Å². The maximum Gasteiger partial charge on any atom is 0.123 e. The summed E-state index contributed by atoms with van der Waals surface area (Å²) < 4.78 is 14.4. The van der Waals surface area contributed by atoms with Crippen LogP contribution in [0.25, 0.3) is 0 Å². The first-order valence-corrected chi connectivity index (χ1v) is 7.84. The lowest BCUT2D eigenvalue weighted by molar-refractivity contribution is 0.141. The Labute approximate surface area is 123 Å². The van der Waals surface area contributed by atoms with Gasteiger partial charge in [0.2, 0.25) is 0 Å². The highest BCUT2D eigenvalue weighted by Crippen LogP contribution is 2.32. The first-order valence-electron chi connectivity index (χ1n) is 7.04. The molecule has 0 aromatic heterocycles. The van der Waals surface area contributed by atoms with Crippen molar-refractivity contribution in [1.29, 1.82) is 0 Å². The molecule has 1 unspecified atom stereocenters. The second-order valence-corrected chi connectivity index (χ2v) is 6.16. The monoisotopic (exact) mass is 328 g/mol. The van der Waals surface area contributed by atoms with Crippen LogP contribution in [0.4, 0.5) is 4.39 Å². The molecule has 1 aromatic carbocycles. The van der Waals surface area contributed by atoms with Crippen LogP contribution >= 0.6 is 15.9 Å². The van der Waals surface area contributed by atoms with Gasteiger partial charge in [-0.15, -0.1) is 0 Å². The molecule has 1 atom stereocenters. The zero-order valence-electron chi connectivity index (χ0n) is 11.4. The second-order valence-electron chi connectivity index (χ2n) is 5.30. The van der Waals surface area contributed by atoms with Crippen LogP contribution in [-0.4, -0.2) is 24.5 Å². The van der Waals surface area contributed by atoms with Gasteiger partial charge in [0, 0.05) is 23.6 Å². The topological polar surface area (TPSA) is 29.3 Å². The zero-order chi connectivity index (χ0) is 13.8. The average Bonchev–Trinajstić information content (AvgIpc) is 2.35. The number of likely N-dealkylation sites (N-methyl/N-ethyl adjacent to an activating group) is 1. The van der Waals surface area contributed by atoms with E-state index >= 15 is 0 Å². The van der Waals surface area contributed by atoms with E-state index in [-0.39, 0.29) is 11.9 Å². The SMILES string of the molecule is CCN(CC1CCC1)C(CN)c1cc(F)ccc1Br. The highest BCUT2D eigenvalue weighted by molar-refractivity contribution is 9.10. The minimum Gasteiger partial charge on any atom is -0.329 e. The Hall–Kier alpha value is -0.450. The van der Waals surface area contributed by atoms with Crippen LogP contribution in [0.3, 0.4) is 0 Å². The van der Waals surface area contributed by atoms with Crippen LogP contribution in [0.5, 0.6) is 0 Å². The molecular formula is C15H22BrFN2. The zero-order valence-corrected chi connectivity index (χ0v) is 13.0. The smallest absolute Gasteiger partial charge is 0.123 e. The Morgan fingerprint density at radius 2 is 2.21 bits per heavy atom. The van der Waals surface area contributed by atoms with Crippen LogP contribution in [-0.2, 0) is 0 Å². The summed E-state index contributed by atoms with van der Waals surface area (Å²) in [6.45, 7) is 4.68. The van der Waals surface area contributed by atoms with Gasteiger partial charge < -0.3 is 5.73 Å². The lowest BCUT2D eigenvalue weighted by atomic mass is 9.84. The normalized spacial score (nSPS) is 17.5. The number of nitrogens with zero attached hydrogens (tertiary/aromatic N) is 1. The molecular weight excluding hydrogens is 307 g/mol. The molecule has 2 nitrogen and oxygen atoms in total. The van der Waals surface area contributed by atoms with Crippen molar-refractivity contribution in [2.45, 2.75) is 32.2 Å². The number of nitrogens with two attached hydrogens (primary N) is 1. The molecule has 0 aliphatic heterocycles. The molecule has 0 spiro atoms. The van der Waals surface area contributed by atoms with Crippen molar-refractivity contribution >= 4 is 15.9 Å². The van der Waals surface area contributed by atoms with Gasteiger partial charge in [0.25, 0.3) is 0 Å². The van der Waals surface area contributed by atoms with Gasteiger partial charge in [-0.25, -0.2) is 4.39 Å². The van der Waals surface area contributed by atoms with Gasteiger partial charge in [-0.3, -0.25) is 4.90 Å². The summed E-state index contributed by atoms with van der Waals surface area (Å²) in [6.07, 6.45) is 3.98. The van der Waals surface area contributed by atoms with E-state index in [4.69, 9.17) is 5.73 Å². The fraction of sp³-hybridized carbons (Fsp3) is 0.600. The lowest BCUT2D eigenvalue weighted by Gasteiger charge is -2.36. The fourth-order valence-electron chi connectivity index (χ4n) is 2.73. The van der Waals surface area contributed by atoms with Crippen LogP contribution < -0.4 is 5.73 Å². The molecule has 0 heterocycles. The third-order valence-corrected chi connectivity index (χ3v) is 4.83. The Kier molecular flexibility index (Phi) is 5.37. The van der Waals surface area contributed by atoms with Gasteiger partial charge in [-0.1, -0.05) is 29.3 Å². The molecule has 1 aliphatic rings. The molecule has 1 aliphatic carbocycles. The maximum absolute atomic E-state index is 13.5. The van der Waals surface area contributed by atoms with E-state index in [0.29, 0.717) is 6.54 Å². The molecule has 0 bridgehead atoms. The number of benzene rings is 1. The number of hydrogen-bond donors (Lipinski definition) is 1. The standard InChI is InChI=1S/C15H22BrFN2/c1-2-19(10-11-4-3-5-11)15(9-18)13-8-12(17)6-7-14(13)16/h6-8,11,15H,2-5,9-10,18H2,1H3. The molecule has 1 fully saturated rings. The van der Waals surface area contributed by atoms with Crippen molar-refractivity contribution < 1.29 is 4.39 Å². The molecule has 4 heteroatoms. The van der Waals surface area contributed by atoms with Crippen molar-refractivity contribution in [2.75, 3.05) is 19.6 Å². The largest absolute Gasteiger partial charge is 0.329 e. The Morgan fingerprint density at radius 3 is 2.74 bits per heavy atom. The third-order valence-electron chi connectivity index (χ3n) is 4.10. The number of halogens is 2. The predicted octanol–water partition coefficient (Wildman–Crippen LogP) is 3.71. The van der Waals surface area contributed by atoms with E-state index < -0.39 is 0 Å². The van der Waals surface area contributed by atoms with E-state index in [2.05, 4.69) is 27.8 Å². The quantitative estimate of drug-likeness (QED) is 0.862. The van der Waals surface area contributed by atoms with Crippen molar-refractivity contribution in [3.05, 3.63) is 34.1 Å². The molecule has 0 amide bonds. The Bertz CT molecular complexity index is 421. The van der Waals surface area contributed by atoms with Crippen molar-refractivity contribution in [1.82, 2.24) is 4.90 Å². The van der Waals surface area contributed by atoms with Crippen LogP contribution in [0.2, 0.25) is 0 Å². The summed E-state index contributed by atoms with van der Waals surface area (Å²) in [5, 5.41) is 0. The van der Waals surface area contributed by atoms with Crippen LogP contribution in [0.1, 0.15) is 37.8 Å².